The summed E-state index contributed by atoms with van der Waals surface area (Å²) in [5, 5.41) is 0. The third-order valence-electron chi connectivity index (χ3n) is 2.28. The number of aryl methyl sites for hydroxylation is 3. The van der Waals surface area contributed by atoms with E-state index in [4.69, 9.17) is 0 Å². The number of aromatic nitrogens is 4. The number of aromatic amines is 1. The van der Waals surface area contributed by atoms with Gasteiger partial charge in [0.15, 0.2) is 11.3 Å². The van der Waals surface area contributed by atoms with Crippen LogP contribution in [0.4, 0.5) is 0 Å². The minimum atomic E-state index is 0.906. The van der Waals surface area contributed by atoms with Crippen molar-refractivity contribution in [1.82, 2.24) is 19.5 Å². The normalized spacial score (nSPS) is 11.3. The van der Waals surface area contributed by atoms with Crippen molar-refractivity contribution < 1.29 is 0 Å². The molecule has 2 aromatic rings. The molecule has 0 amide bonds. The Morgan fingerprint density at radius 2 is 2.15 bits per heavy atom. The molecule has 0 atom stereocenters. The molecule has 2 aromatic heterocycles. The summed E-state index contributed by atoms with van der Waals surface area (Å²) in [5.41, 5.74) is 1.87. The van der Waals surface area contributed by atoms with Crippen LogP contribution in [-0.4, -0.2) is 19.5 Å². The van der Waals surface area contributed by atoms with Crippen molar-refractivity contribution in [1.29, 1.82) is 0 Å². The van der Waals surface area contributed by atoms with Crippen LogP contribution in [0, 0.1) is 6.92 Å². The molecule has 0 saturated heterocycles. The van der Waals surface area contributed by atoms with Gasteiger partial charge >= 0.3 is 0 Å². The maximum atomic E-state index is 4.47. The van der Waals surface area contributed by atoms with Gasteiger partial charge in [0.25, 0.3) is 0 Å². The molecule has 0 aromatic carbocycles. The highest BCUT2D eigenvalue weighted by atomic mass is 15.2. The SMILES string of the molecule is CCCc1nc2c(nc(C)n2C)[nH]1. The van der Waals surface area contributed by atoms with E-state index in [2.05, 4.69) is 21.9 Å². The average molecular weight is 178 g/mol. The summed E-state index contributed by atoms with van der Waals surface area (Å²) in [6.45, 7) is 4.13. The van der Waals surface area contributed by atoms with Crippen molar-refractivity contribution in [2.45, 2.75) is 26.7 Å². The minimum Gasteiger partial charge on any atom is -0.325 e. The fourth-order valence-corrected chi connectivity index (χ4v) is 1.46. The molecule has 1 N–H and O–H groups in total. The first-order valence-corrected chi connectivity index (χ1v) is 4.60. The maximum Gasteiger partial charge on any atom is 0.179 e. The van der Waals surface area contributed by atoms with Gasteiger partial charge in [-0.3, -0.25) is 0 Å². The summed E-state index contributed by atoms with van der Waals surface area (Å²) in [7, 11) is 1.99. The average Bonchev–Trinajstić information content (AvgIpc) is 2.56. The zero-order valence-corrected chi connectivity index (χ0v) is 8.26. The largest absolute Gasteiger partial charge is 0.325 e. The van der Waals surface area contributed by atoms with Gasteiger partial charge < -0.3 is 9.55 Å². The fraction of sp³-hybridized carbons (Fsp3) is 0.556. The van der Waals surface area contributed by atoms with Gasteiger partial charge in [-0.15, -0.1) is 0 Å². The second kappa shape index (κ2) is 2.87. The predicted octanol–water partition coefficient (Wildman–Crippen LogP) is 1.56. The molecule has 0 radical (unpaired) electrons. The van der Waals surface area contributed by atoms with E-state index in [-0.39, 0.29) is 0 Å². The van der Waals surface area contributed by atoms with E-state index in [0.29, 0.717) is 0 Å². The molecule has 0 aliphatic rings. The summed E-state index contributed by atoms with van der Waals surface area (Å²) in [6.07, 6.45) is 2.11. The zero-order chi connectivity index (χ0) is 9.42. The molecule has 0 aliphatic carbocycles. The van der Waals surface area contributed by atoms with Gasteiger partial charge in [-0.05, 0) is 13.3 Å². The van der Waals surface area contributed by atoms with E-state index in [9.17, 15) is 0 Å². The molecule has 4 heteroatoms. The van der Waals surface area contributed by atoms with Crippen LogP contribution in [0.1, 0.15) is 25.0 Å². The molecule has 0 fully saturated rings. The second-order valence-corrected chi connectivity index (χ2v) is 3.32. The fourth-order valence-electron chi connectivity index (χ4n) is 1.46. The third kappa shape index (κ3) is 1.22. The molecule has 2 rings (SSSR count). The van der Waals surface area contributed by atoms with Crippen LogP contribution in [0.15, 0.2) is 0 Å². The van der Waals surface area contributed by atoms with Crippen LogP contribution in [0.3, 0.4) is 0 Å². The van der Waals surface area contributed by atoms with E-state index in [1.54, 1.807) is 0 Å². The van der Waals surface area contributed by atoms with Crippen LogP contribution >= 0.6 is 0 Å². The van der Waals surface area contributed by atoms with Crippen molar-refractivity contribution in [3.63, 3.8) is 0 Å². The standard InChI is InChI=1S/C9H14N4/c1-4-5-7-11-8-9(12-7)13(3)6(2)10-8/h4-5H2,1-3H3,(H,11,12). The van der Waals surface area contributed by atoms with E-state index < -0.39 is 0 Å². The first-order valence-electron chi connectivity index (χ1n) is 4.60. The molecule has 0 unspecified atom stereocenters. The third-order valence-corrected chi connectivity index (χ3v) is 2.28. The van der Waals surface area contributed by atoms with Crippen molar-refractivity contribution in [2.75, 3.05) is 0 Å². The highest BCUT2D eigenvalue weighted by molar-refractivity contribution is 5.67. The lowest BCUT2D eigenvalue weighted by atomic mass is 10.3. The minimum absolute atomic E-state index is 0.906. The number of hydrogen-bond donors (Lipinski definition) is 1. The van der Waals surface area contributed by atoms with Crippen LogP contribution in [0.5, 0.6) is 0 Å². The lowest BCUT2D eigenvalue weighted by molar-refractivity contribution is 0.832. The Labute approximate surface area is 77.0 Å². The number of rotatable bonds is 2. The number of fused-ring (bicyclic) bond motifs is 1. The quantitative estimate of drug-likeness (QED) is 0.758. The van der Waals surface area contributed by atoms with E-state index in [1.807, 2.05) is 18.5 Å². The lowest BCUT2D eigenvalue weighted by Gasteiger charge is -1.93. The maximum absolute atomic E-state index is 4.47. The summed E-state index contributed by atoms with van der Waals surface area (Å²) in [4.78, 5) is 12.0. The van der Waals surface area contributed by atoms with Crippen molar-refractivity contribution in [3.8, 4) is 0 Å². The number of nitrogens with zero attached hydrogens (tertiary/aromatic N) is 3. The number of hydrogen-bond acceptors (Lipinski definition) is 2. The Kier molecular flexibility index (Phi) is 1.83. The molecule has 13 heavy (non-hydrogen) atoms. The van der Waals surface area contributed by atoms with Crippen LogP contribution in [0.2, 0.25) is 0 Å². The van der Waals surface area contributed by atoms with Gasteiger partial charge in [0.05, 0.1) is 0 Å². The summed E-state index contributed by atoms with van der Waals surface area (Å²) >= 11 is 0. The molecular formula is C9H14N4. The highest BCUT2D eigenvalue weighted by Gasteiger charge is 2.08. The molecule has 2 heterocycles. The van der Waals surface area contributed by atoms with E-state index in [0.717, 1.165) is 35.8 Å². The summed E-state index contributed by atoms with van der Waals surface area (Å²) in [5.74, 6) is 2.03. The summed E-state index contributed by atoms with van der Waals surface area (Å²) in [6, 6.07) is 0. The number of H-pyrrole nitrogens is 1. The molecule has 0 aliphatic heterocycles. The molecule has 70 valence electrons. The van der Waals surface area contributed by atoms with Crippen molar-refractivity contribution in [2.24, 2.45) is 7.05 Å². The van der Waals surface area contributed by atoms with Crippen molar-refractivity contribution in [3.05, 3.63) is 11.6 Å². The van der Waals surface area contributed by atoms with Crippen LogP contribution < -0.4 is 0 Å². The van der Waals surface area contributed by atoms with Gasteiger partial charge in [0.1, 0.15) is 11.6 Å². The lowest BCUT2D eigenvalue weighted by Crippen LogP contribution is -1.93. The smallest absolute Gasteiger partial charge is 0.179 e. The predicted molar refractivity (Wildman–Crippen MR) is 51.6 cm³/mol. The molecule has 0 bridgehead atoms. The molecule has 0 spiro atoms. The Morgan fingerprint density at radius 3 is 2.77 bits per heavy atom. The van der Waals surface area contributed by atoms with E-state index in [1.165, 1.54) is 0 Å². The number of imidazole rings is 2. The van der Waals surface area contributed by atoms with Crippen molar-refractivity contribution >= 4 is 11.3 Å². The van der Waals surface area contributed by atoms with Crippen LogP contribution in [0.25, 0.3) is 11.3 Å². The first-order chi connectivity index (χ1) is 6.22. The van der Waals surface area contributed by atoms with Crippen LogP contribution in [-0.2, 0) is 13.5 Å². The first kappa shape index (κ1) is 8.29. The van der Waals surface area contributed by atoms with Gasteiger partial charge in [0, 0.05) is 13.5 Å². The highest BCUT2D eigenvalue weighted by Crippen LogP contribution is 2.12. The molecular weight excluding hydrogens is 164 g/mol. The van der Waals surface area contributed by atoms with Gasteiger partial charge in [-0.2, -0.15) is 0 Å². The zero-order valence-electron chi connectivity index (χ0n) is 8.26. The Morgan fingerprint density at radius 1 is 1.38 bits per heavy atom. The topological polar surface area (TPSA) is 46.5 Å². The second-order valence-electron chi connectivity index (χ2n) is 3.32. The monoisotopic (exact) mass is 178 g/mol. The van der Waals surface area contributed by atoms with Gasteiger partial charge in [-0.1, -0.05) is 6.92 Å². The number of nitrogens with one attached hydrogen (secondary N) is 1. The van der Waals surface area contributed by atoms with E-state index >= 15 is 0 Å². The van der Waals surface area contributed by atoms with Gasteiger partial charge in [0.2, 0.25) is 0 Å². The Hall–Kier alpha value is -1.32. The Balaban J connectivity index is 2.52. The molecule has 4 nitrogen and oxygen atoms in total. The Bertz CT molecular complexity index is 424. The van der Waals surface area contributed by atoms with Gasteiger partial charge in [-0.25, -0.2) is 9.97 Å². The molecule has 0 saturated carbocycles. The summed E-state index contributed by atoms with van der Waals surface area (Å²) < 4.78 is 2.00.